The number of amides is 1. The predicted octanol–water partition coefficient (Wildman–Crippen LogP) is 3.44. The SMILES string of the molecule is Cc1cc(C2OC=C(C(N)=O)N2c2cc3c(C)nn(C)c3cc2N2CCCCC2)ccn1. The summed E-state index contributed by atoms with van der Waals surface area (Å²) in [7, 11) is 1.96. The van der Waals surface area contributed by atoms with Gasteiger partial charge in [0.2, 0.25) is 6.23 Å². The Bertz CT molecular complexity index is 1220. The molecule has 0 bridgehead atoms. The molecular weight excluding hydrogens is 404 g/mol. The molecule has 0 aliphatic carbocycles. The maximum atomic E-state index is 12.4. The molecule has 4 heterocycles. The molecule has 0 radical (unpaired) electrons. The van der Waals surface area contributed by atoms with E-state index in [0.717, 1.165) is 65.2 Å². The molecule has 1 unspecified atom stereocenters. The number of primary amides is 1. The lowest BCUT2D eigenvalue weighted by Crippen LogP contribution is -2.35. The topological polar surface area (TPSA) is 89.5 Å². The van der Waals surface area contributed by atoms with E-state index < -0.39 is 12.1 Å². The fourth-order valence-corrected chi connectivity index (χ4v) is 4.79. The zero-order chi connectivity index (χ0) is 22.4. The molecule has 1 aromatic carbocycles. The van der Waals surface area contributed by atoms with Gasteiger partial charge in [0.1, 0.15) is 12.0 Å². The Morgan fingerprint density at radius 1 is 1.12 bits per heavy atom. The summed E-state index contributed by atoms with van der Waals surface area (Å²) in [5.74, 6) is -0.522. The Balaban J connectivity index is 1.72. The molecule has 1 saturated heterocycles. The quantitative estimate of drug-likeness (QED) is 0.679. The van der Waals surface area contributed by atoms with Gasteiger partial charge in [0.05, 0.1) is 22.6 Å². The first-order chi connectivity index (χ1) is 15.4. The van der Waals surface area contributed by atoms with Crippen LogP contribution >= 0.6 is 0 Å². The molecule has 2 aliphatic rings. The van der Waals surface area contributed by atoms with Crippen LogP contribution in [-0.4, -0.2) is 33.8 Å². The highest BCUT2D eigenvalue weighted by Gasteiger charge is 2.36. The van der Waals surface area contributed by atoms with Crippen LogP contribution in [0.15, 0.2) is 42.4 Å². The average Bonchev–Trinajstić information content (AvgIpc) is 3.35. The van der Waals surface area contributed by atoms with Crippen LogP contribution in [-0.2, 0) is 16.6 Å². The van der Waals surface area contributed by atoms with Gasteiger partial charge in [0.25, 0.3) is 5.91 Å². The summed E-state index contributed by atoms with van der Waals surface area (Å²) < 4.78 is 7.93. The summed E-state index contributed by atoms with van der Waals surface area (Å²) in [5.41, 5.74) is 11.9. The number of anilines is 2. The van der Waals surface area contributed by atoms with Crippen LogP contribution in [0.2, 0.25) is 0 Å². The van der Waals surface area contributed by atoms with Gasteiger partial charge in [-0.2, -0.15) is 5.10 Å². The van der Waals surface area contributed by atoms with E-state index in [2.05, 4.69) is 27.1 Å². The first kappa shape index (κ1) is 20.4. The Morgan fingerprint density at radius 3 is 2.62 bits per heavy atom. The van der Waals surface area contributed by atoms with Crippen LogP contribution < -0.4 is 15.5 Å². The Hall–Kier alpha value is -3.55. The van der Waals surface area contributed by atoms with Crippen LogP contribution in [0.5, 0.6) is 0 Å². The van der Waals surface area contributed by atoms with E-state index in [1.54, 1.807) is 6.20 Å². The zero-order valence-corrected chi connectivity index (χ0v) is 18.7. The van der Waals surface area contributed by atoms with Gasteiger partial charge in [0, 0.05) is 43.0 Å². The summed E-state index contributed by atoms with van der Waals surface area (Å²) in [6.45, 7) is 5.88. The van der Waals surface area contributed by atoms with E-state index in [0.29, 0.717) is 5.70 Å². The molecule has 8 heteroatoms. The highest BCUT2D eigenvalue weighted by molar-refractivity contribution is 6.00. The van der Waals surface area contributed by atoms with Gasteiger partial charge in [-0.25, -0.2) is 0 Å². The van der Waals surface area contributed by atoms with Crippen LogP contribution in [0.1, 0.15) is 42.4 Å². The van der Waals surface area contributed by atoms with Crippen molar-refractivity contribution in [3.05, 3.63) is 59.4 Å². The third kappa shape index (κ3) is 3.36. The first-order valence-electron chi connectivity index (χ1n) is 11.0. The van der Waals surface area contributed by atoms with E-state index in [4.69, 9.17) is 10.5 Å². The number of carbonyl (C=O) groups excluding carboxylic acids is 1. The number of piperidine rings is 1. The van der Waals surface area contributed by atoms with Crippen molar-refractivity contribution < 1.29 is 9.53 Å². The monoisotopic (exact) mass is 432 g/mol. The number of nitrogens with two attached hydrogens (primary N) is 1. The third-order valence-corrected chi connectivity index (χ3v) is 6.35. The lowest BCUT2D eigenvalue weighted by atomic mass is 10.1. The van der Waals surface area contributed by atoms with Crippen molar-refractivity contribution in [2.24, 2.45) is 12.8 Å². The normalized spacial score (nSPS) is 18.7. The minimum atomic E-state index is -0.522. The van der Waals surface area contributed by atoms with Crippen molar-refractivity contribution in [2.45, 2.75) is 39.3 Å². The number of pyridine rings is 1. The van der Waals surface area contributed by atoms with Crippen molar-refractivity contribution in [1.82, 2.24) is 14.8 Å². The molecule has 0 spiro atoms. The number of aryl methyl sites for hydroxylation is 3. The molecule has 5 rings (SSSR count). The van der Waals surface area contributed by atoms with Gasteiger partial charge in [-0.05, 0) is 57.4 Å². The number of fused-ring (bicyclic) bond motifs is 1. The molecule has 3 aromatic rings. The molecule has 8 nitrogen and oxygen atoms in total. The van der Waals surface area contributed by atoms with Crippen LogP contribution in [0, 0.1) is 13.8 Å². The maximum Gasteiger partial charge on any atom is 0.268 e. The second-order valence-electron chi connectivity index (χ2n) is 8.57. The van der Waals surface area contributed by atoms with Crippen LogP contribution in [0.25, 0.3) is 10.9 Å². The van der Waals surface area contributed by atoms with E-state index in [1.165, 1.54) is 12.7 Å². The van der Waals surface area contributed by atoms with Crippen molar-refractivity contribution in [3.8, 4) is 0 Å². The standard InChI is InChI=1S/C24H28N6O2/c1-15-11-17(7-8-26-15)24-30(22(14-32-24)23(25)31)21-12-18-16(2)27-28(3)19(18)13-20(21)29-9-5-4-6-10-29/h7-8,11-14,24H,4-6,9-10H2,1-3H3,(H2,25,31). The summed E-state index contributed by atoms with van der Waals surface area (Å²) >= 11 is 0. The van der Waals surface area contributed by atoms with E-state index >= 15 is 0 Å². The number of nitrogens with zero attached hydrogens (tertiary/aromatic N) is 5. The fraction of sp³-hybridized carbons (Fsp3) is 0.375. The van der Waals surface area contributed by atoms with Crippen molar-refractivity contribution >= 4 is 28.2 Å². The van der Waals surface area contributed by atoms with Gasteiger partial charge in [-0.3, -0.25) is 19.4 Å². The summed E-state index contributed by atoms with van der Waals surface area (Å²) in [6.07, 6.45) is 6.25. The Morgan fingerprint density at radius 2 is 1.91 bits per heavy atom. The lowest BCUT2D eigenvalue weighted by molar-refractivity contribution is -0.114. The minimum absolute atomic E-state index is 0.337. The van der Waals surface area contributed by atoms with E-state index in [9.17, 15) is 4.79 Å². The number of carbonyl (C=O) groups is 1. The zero-order valence-electron chi connectivity index (χ0n) is 18.7. The van der Waals surface area contributed by atoms with Crippen molar-refractivity contribution in [3.63, 3.8) is 0 Å². The fourth-order valence-electron chi connectivity index (χ4n) is 4.79. The summed E-state index contributed by atoms with van der Waals surface area (Å²) in [5, 5.41) is 5.67. The Labute approximate surface area is 187 Å². The number of ether oxygens (including phenoxy) is 1. The van der Waals surface area contributed by atoms with Gasteiger partial charge >= 0.3 is 0 Å². The number of aromatic nitrogens is 3. The molecule has 2 aliphatic heterocycles. The number of hydrogen-bond acceptors (Lipinski definition) is 6. The van der Waals surface area contributed by atoms with Crippen molar-refractivity contribution in [1.29, 1.82) is 0 Å². The molecule has 32 heavy (non-hydrogen) atoms. The average molecular weight is 433 g/mol. The van der Waals surface area contributed by atoms with Crippen molar-refractivity contribution in [2.75, 3.05) is 22.9 Å². The van der Waals surface area contributed by atoms with Crippen LogP contribution in [0.3, 0.4) is 0 Å². The van der Waals surface area contributed by atoms with Gasteiger partial charge < -0.3 is 15.4 Å². The second-order valence-corrected chi connectivity index (χ2v) is 8.57. The molecule has 1 atom stereocenters. The molecule has 1 amide bonds. The van der Waals surface area contributed by atoms with Gasteiger partial charge in [0.15, 0.2) is 0 Å². The van der Waals surface area contributed by atoms with Crippen LogP contribution in [0.4, 0.5) is 11.4 Å². The second kappa shape index (κ2) is 7.85. The molecular formula is C24H28N6O2. The van der Waals surface area contributed by atoms with Gasteiger partial charge in [-0.15, -0.1) is 0 Å². The lowest BCUT2D eigenvalue weighted by Gasteiger charge is -2.35. The third-order valence-electron chi connectivity index (χ3n) is 6.35. The number of benzene rings is 1. The number of rotatable bonds is 4. The Kier molecular flexibility index (Phi) is 5.00. The molecule has 166 valence electrons. The summed E-state index contributed by atoms with van der Waals surface area (Å²) in [4.78, 5) is 21.1. The van der Waals surface area contributed by atoms with E-state index in [1.807, 2.05) is 42.6 Å². The van der Waals surface area contributed by atoms with Gasteiger partial charge in [-0.1, -0.05) is 0 Å². The largest absolute Gasteiger partial charge is 0.471 e. The molecule has 0 saturated carbocycles. The van der Waals surface area contributed by atoms with E-state index in [-0.39, 0.29) is 0 Å². The maximum absolute atomic E-state index is 12.4. The number of hydrogen-bond donors (Lipinski definition) is 1. The molecule has 2 aromatic heterocycles. The predicted molar refractivity (Wildman–Crippen MR) is 124 cm³/mol. The summed E-state index contributed by atoms with van der Waals surface area (Å²) in [6, 6.07) is 8.19. The smallest absolute Gasteiger partial charge is 0.268 e. The molecule has 2 N–H and O–H groups in total. The first-order valence-corrected chi connectivity index (χ1v) is 11.0. The minimum Gasteiger partial charge on any atom is -0.471 e. The molecule has 1 fully saturated rings. The highest BCUT2D eigenvalue weighted by Crippen LogP contribution is 2.44. The highest BCUT2D eigenvalue weighted by atomic mass is 16.5.